The molecule has 0 aliphatic carbocycles. The summed E-state index contributed by atoms with van der Waals surface area (Å²) in [6.45, 7) is 0. The van der Waals surface area contributed by atoms with Gasteiger partial charge in [0.25, 0.3) is 11.8 Å². The van der Waals surface area contributed by atoms with Crippen molar-refractivity contribution in [1.82, 2.24) is 5.06 Å². The molecule has 2 aromatic rings. The van der Waals surface area contributed by atoms with Gasteiger partial charge in [-0.15, -0.1) is 5.06 Å². The highest BCUT2D eigenvalue weighted by atomic mass is 35.5. The second kappa shape index (κ2) is 7.76. The van der Waals surface area contributed by atoms with Crippen LogP contribution in [0, 0.1) is 0 Å². The predicted molar refractivity (Wildman–Crippen MR) is 97.1 cm³/mol. The number of hydroxylamine groups is 2. The molecule has 6 nitrogen and oxygen atoms in total. The van der Waals surface area contributed by atoms with Crippen molar-refractivity contribution >= 4 is 52.4 Å². The second-order valence-corrected chi connectivity index (χ2v) is 6.42. The van der Waals surface area contributed by atoms with Crippen molar-refractivity contribution in [3.05, 3.63) is 58.1 Å². The number of amides is 2. The van der Waals surface area contributed by atoms with Crippen LogP contribution in [0.1, 0.15) is 18.4 Å². The number of hydrogen-bond acceptors (Lipinski definition) is 5. The first-order chi connectivity index (χ1) is 12.5. The van der Waals surface area contributed by atoms with E-state index in [9.17, 15) is 14.4 Å². The number of imide groups is 1. The van der Waals surface area contributed by atoms with Gasteiger partial charge in [-0.25, -0.2) is 4.79 Å². The van der Waals surface area contributed by atoms with Crippen molar-refractivity contribution in [3.63, 3.8) is 0 Å². The molecule has 0 bridgehead atoms. The largest absolute Gasteiger partial charge is 0.353 e. The summed E-state index contributed by atoms with van der Waals surface area (Å²) in [5.74, 6) is -1.75. The first-order valence-electron chi connectivity index (χ1n) is 7.81. The van der Waals surface area contributed by atoms with E-state index in [1.807, 2.05) is 0 Å². The van der Waals surface area contributed by atoms with E-state index in [0.717, 1.165) is 0 Å². The number of benzene rings is 2. The van der Waals surface area contributed by atoms with Crippen LogP contribution in [0.3, 0.4) is 0 Å². The Morgan fingerprint density at radius 1 is 1.00 bits per heavy atom. The van der Waals surface area contributed by atoms with Gasteiger partial charge in [0.15, 0.2) is 0 Å². The summed E-state index contributed by atoms with van der Waals surface area (Å²) in [7, 11) is 0. The van der Waals surface area contributed by atoms with Crippen molar-refractivity contribution in [2.75, 3.05) is 5.32 Å². The molecule has 0 unspecified atom stereocenters. The van der Waals surface area contributed by atoms with Gasteiger partial charge < -0.3 is 10.2 Å². The average Bonchev–Trinajstić information content (AvgIpc) is 2.91. The van der Waals surface area contributed by atoms with E-state index in [1.165, 1.54) is 0 Å². The van der Waals surface area contributed by atoms with E-state index in [4.69, 9.17) is 28.0 Å². The van der Waals surface area contributed by atoms with Gasteiger partial charge in [-0.3, -0.25) is 9.59 Å². The lowest BCUT2D eigenvalue weighted by Crippen LogP contribution is -2.32. The first-order valence-corrected chi connectivity index (χ1v) is 8.57. The summed E-state index contributed by atoms with van der Waals surface area (Å²) in [6.07, 6.45) is -0.0349. The number of nitrogens with one attached hydrogen (secondary N) is 1. The highest BCUT2D eigenvalue weighted by molar-refractivity contribution is 6.39. The van der Waals surface area contributed by atoms with Crippen LogP contribution in [-0.4, -0.2) is 22.8 Å². The summed E-state index contributed by atoms with van der Waals surface area (Å²) >= 11 is 12.3. The molecule has 26 heavy (non-hydrogen) atoms. The molecule has 1 aliphatic heterocycles. The third-order valence-corrected chi connectivity index (χ3v) is 4.40. The molecular formula is C18H14Cl2N2O4. The monoisotopic (exact) mass is 392 g/mol. The smallest absolute Gasteiger partial charge is 0.337 e. The van der Waals surface area contributed by atoms with Crippen molar-refractivity contribution in [3.8, 4) is 0 Å². The fourth-order valence-electron chi connectivity index (χ4n) is 2.50. The Labute approximate surface area is 159 Å². The number of hydrogen-bond donors (Lipinski definition) is 1. The molecule has 0 atom stereocenters. The van der Waals surface area contributed by atoms with Gasteiger partial charge in [0, 0.05) is 18.5 Å². The number of carbonyl (C=O) groups is 3. The molecule has 134 valence electrons. The zero-order chi connectivity index (χ0) is 18.7. The second-order valence-electron chi connectivity index (χ2n) is 5.60. The summed E-state index contributed by atoms with van der Waals surface area (Å²) in [4.78, 5) is 40.1. The van der Waals surface area contributed by atoms with Crippen LogP contribution < -0.4 is 5.32 Å². The molecule has 2 amide bonds. The van der Waals surface area contributed by atoms with Crippen molar-refractivity contribution in [2.45, 2.75) is 19.3 Å². The van der Waals surface area contributed by atoms with Crippen LogP contribution in [0.2, 0.25) is 10.0 Å². The van der Waals surface area contributed by atoms with E-state index < -0.39 is 17.8 Å². The lowest BCUT2D eigenvalue weighted by Gasteiger charge is -2.16. The van der Waals surface area contributed by atoms with E-state index in [0.29, 0.717) is 32.0 Å². The van der Waals surface area contributed by atoms with E-state index in [1.54, 1.807) is 42.5 Å². The van der Waals surface area contributed by atoms with Gasteiger partial charge >= 0.3 is 5.97 Å². The Bertz CT molecular complexity index is 849. The number of halogens is 2. The minimum absolute atomic E-state index is 0.0509. The Morgan fingerprint density at radius 2 is 1.62 bits per heavy atom. The molecule has 0 saturated carbocycles. The topological polar surface area (TPSA) is 75.7 Å². The highest BCUT2D eigenvalue weighted by Crippen LogP contribution is 2.33. The minimum Gasteiger partial charge on any atom is -0.353 e. The van der Waals surface area contributed by atoms with Gasteiger partial charge in [-0.05, 0) is 23.8 Å². The maximum atomic E-state index is 12.1. The van der Waals surface area contributed by atoms with Crippen molar-refractivity contribution in [2.24, 2.45) is 0 Å². The molecule has 1 saturated heterocycles. The van der Waals surface area contributed by atoms with E-state index in [-0.39, 0.29) is 19.3 Å². The molecule has 1 heterocycles. The maximum Gasteiger partial charge on any atom is 0.337 e. The standard InChI is InChI=1S/C18H14Cl2N2O4/c19-12-5-3-6-13(20)18(12)21-14-7-2-1-4-11(14)10-17(25)26-22-15(23)8-9-16(22)24/h1-7,21H,8-10H2. The van der Waals surface area contributed by atoms with E-state index in [2.05, 4.69) is 5.32 Å². The van der Waals surface area contributed by atoms with Gasteiger partial charge in [-0.1, -0.05) is 47.5 Å². The predicted octanol–water partition coefficient (Wildman–Crippen LogP) is 3.89. The molecule has 2 aromatic carbocycles. The van der Waals surface area contributed by atoms with Gasteiger partial charge in [0.2, 0.25) is 0 Å². The lowest BCUT2D eigenvalue weighted by molar-refractivity contribution is -0.197. The van der Waals surface area contributed by atoms with Gasteiger partial charge in [-0.2, -0.15) is 0 Å². The van der Waals surface area contributed by atoms with Gasteiger partial charge in [0.1, 0.15) is 0 Å². The minimum atomic E-state index is -0.715. The maximum absolute atomic E-state index is 12.1. The number of rotatable bonds is 5. The summed E-state index contributed by atoms with van der Waals surface area (Å²) in [5, 5.41) is 4.50. The molecule has 3 rings (SSSR count). The highest BCUT2D eigenvalue weighted by Gasteiger charge is 2.32. The van der Waals surface area contributed by atoms with Crippen molar-refractivity contribution in [1.29, 1.82) is 0 Å². The number of anilines is 2. The average molecular weight is 393 g/mol. The summed E-state index contributed by atoms with van der Waals surface area (Å²) < 4.78 is 0. The quantitative estimate of drug-likeness (QED) is 0.781. The SMILES string of the molecule is O=C(Cc1ccccc1Nc1c(Cl)cccc1Cl)ON1C(=O)CCC1=O. The summed E-state index contributed by atoms with van der Waals surface area (Å²) in [6, 6.07) is 12.1. The third kappa shape index (κ3) is 3.98. The molecule has 1 N–H and O–H groups in total. The molecular weight excluding hydrogens is 379 g/mol. The van der Waals surface area contributed by atoms with Crippen LogP contribution in [0.4, 0.5) is 11.4 Å². The molecule has 0 spiro atoms. The Balaban J connectivity index is 1.76. The molecule has 0 radical (unpaired) electrons. The van der Waals surface area contributed by atoms with Gasteiger partial charge in [0.05, 0.1) is 22.2 Å². The van der Waals surface area contributed by atoms with Crippen molar-refractivity contribution < 1.29 is 19.2 Å². The molecule has 1 aliphatic rings. The lowest BCUT2D eigenvalue weighted by atomic mass is 10.1. The van der Waals surface area contributed by atoms with Crippen LogP contribution in [0.25, 0.3) is 0 Å². The Kier molecular flexibility index (Phi) is 5.44. The molecule has 1 fully saturated rings. The normalized spacial score (nSPS) is 13.8. The fraction of sp³-hybridized carbons (Fsp3) is 0.167. The van der Waals surface area contributed by atoms with Crippen LogP contribution in [-0.2, 0) is 25.6 Å². The zero-order valence-corrected chi connectivity index (χ0v) is 15.0. The third-order valence-electron chi connectivity index (χ3n) is 3.77. The van der Waals surface area contributed by atoms with Crippen LogP contribution in [0.15, 0.2) is 42.5 Å². The Hall–Kier alpha value is -2.57. The van der Waals surface area contributed by atoms with E-state index >= 15 is 0 Å². The molecule has 0 aromatic heterocycles. The number of para-hydroxylation sites is 2. The number of carbonyl (C=O) groups excluding carboxylic acids is 3. The summed E-state index contributed by atoms with van der Waals surface area (Å²) in [5.41, 5.74) is 1.73. The van der Waals surface area contributed by atoms with Crippen LogP contribution >= 0.6 is 23.2 Å². The molecule has 8 heteroatoms. The first kappa shape index (κ1) is 18.2. The van der Waals surface area contributed by atoms with Crippen LogP contribution in [0.5, 0.6) is 0 Å². The zero-order valence-electron chi connectivity index (χ0n) is 13.5. The Morgan fingerprint density at radius 3 is 2.27 bits per heavy atom. The number of nitrogens with zero attached hydrogens (tertiary/aromatic N) is 1. The fourth-order valence-corrected chi connectivity index (χ4v) is 2.99.